The van der Waals surface area contributed by atoms with Crippen LogP contribution in [-0.2, 0) is 15.1 Å². The summed E-state index contributed by atoms with van der Waals surface area (Å²) in [5, 5.41) is 2.03. The van der Waals surface area contributed by atoms with Crippen molar-refractivity contribution >= 4 is 22.6 Å². The molecule has 0 aliphatic carbocycles. The highest BCUT2D eigenvalue weighted by Gasteiger charge is 2.41. The van der Waals surface area contributed by atoms with Crippen LogP contribution in [0.1, 0.15) is 22.3 Å². The van der Waals surface area contributed by atoms with E-state index in [4.69, 9.17) is 4.74 Å². The fourth-order valence-corrected chi connectivity index (χ4v) is 3.16. The second-order valence-corrected chi connectivity index (χ2v) is 6.40. The van der Waals surface area contributed by atoms with Gasteiger partial charge in [-0.1, -0.05) is 60.7 Å². The predicted octanol–water partition coefficient (Wildman–Crippen LogP) is 3.72. The SMILES string of the molecule is C=CC[C@@](NNC(=O)c1ccccc1)(C(=O)OC)c1ccc2ccccc2c1. The second-order valence-electron chi connectivity index (χ2n) is 6.40. The van der Waals surface area contributed by atoms with Gasteiger partial charge in [0.1, 0.15) is 0 Å². The number of hydrogen-bond acceptors (Lipinski definition) is 4. The molecule has 0 bridgehead atoms. The average molecular weight is 374 g/mol. The van der Waals surface area contributed by atoms with Crippen molar-refractivity contribution in [3.63, 3.8) is 0 Å². The first kappa shape index (κ1) is 19.3. The molecule has 3 aromatic rings. The number of benzene rings is 3. The lowest BCUT2D eigenvalue weighted by Crippen LogP contribution is -2.57. The average Bonchev–Trinajstić information content (AvgIpc) is 2.76. The number of fused-ring (bicyclic) bond motifs is 1. The summed E-state index contributed by atoms with van der Waals surface area (Å²) in [6.45, 7) is 3.77. The number of esters is 1. The second kappa shape index (κ2) is 8.50. The highest BCUT2D eigenvalue weighted by Crippen LogP contribution is 2.29. The molecule has 0 heterocycles. The van der Waals surface area contributed by atoms with E-state index >= 15 is 0 Å². The van der Waals surface area contributed by atoms with Gasteiger partial charge in [-0.25, -0.2) is 10.2 Å². The standard InChI is InChI=1S/C23H22N2O3/c1-3-15-23(22(27)28-2,25-24-21(26)18-10-5-4-6-11-18)20-14-13-17-9-7-8-12-19(17)16-20/h3-14,16,25H,1,15H2,2H3,(H,24,26)/t23-/m0/s1. The Morgan fingerprint density at radius 2 is 1.68 bits per heavy atom. The maximum absolute atomic E-state index is 12.8. The molecule has 3 rings (SSSR count). The van der Waals surface area contributed by atoms with E-state index in [-0.39, 0.29) is 12.3 Å². The minimum Gasteiger partial charge on any atom is -0.467 e. The zero-order valence-electron chi connectivity index (χ0n) is 15.6. The molecule has 0 saturated carbocycles. The Morgan fingerprint density at radius 1 is 1.00 bits per heavy atom. The molecule has 0 radical (unpaired) electrons. The lowest BCUT2D eigenvalue weighted by molar-refractivity contribution is -0.149. The van der Waals surface area contributed by atoms with E-state index in [1.807, 2.05) is 48.5 Å². The zero-order valence-corrected chi connectivity index (χ0v) is 15.6. The summed E-state index contributed by atoms with van der Waals surface area (Å²) >= 11 is 0. The largest absolute Gasteiger partial charge is 0.467 e. The molecule has 0 aromatic heterocycles. The van der Waals surface area contributed by atoms with Crippen LogP contribution in [0, 0.1) is 0 Å². The number of amides is 1. The molecule has 0 fully saturated rings. The molecule has 5 nitrogen and oxygen atoms in total. The number of carbonyl (C=O) groups excluding carboxylic acids is 2. The minimum absolute atomic E-state index is 0.229. The maximum atomic E-state index is 12.8. The van der Waals surface area contributed by atoms with Crippen LogP contribution < -0.4 is 10.9 Å². The highest BCUT2D eigenvalue weighted by atomic mass is 16.5. The van der Waals surface area contributed by atoms with E-state index in [0.29, 0.717) is 11.1 Å². The first-order valence-corrected chi connectivity index (χ1v) is 8.92. The number of hydrogen-bond donors (Lipinski definition) is 2. The van der Waals surface area contributed by atoms with Crippen LogP contribution in [0.15, 0.2) is 85.5 Å². The van der Waals surface area contributed by atoms with Crippen molar-refractivity contribution < 1.29 is 14.3 Å². The summed E-state index contributed by atoms with van der Waals surface area (Å²) in [6.07, 6.45) is 1.85. The zero-order chi connectivity index (χ0) is 20.0. The summed E-state index contributed by atoms with van der Waals surface area (Å²) < 4.78 is 5.07. The van der Waals surface area contributed by atoms with Crippen LogP contribution in [0.25, 0.3) is 10.8 Å². The molecular weight excluding hydrogens is 352 g/mol. The summed E-state index contributed by atoms with van der Waals surface area (Å²) in [5.41, 5.74) is 5.42. The molecule has 0 unspecified atom stereocenters. The summed E-state index contributed by atoms with van der Waals surface area (Å²) in [4.78, 5) is 25.3. The number of nitrogens with one attached hydrogen (secondary N) is 2. The van der Waals surface area contributed by atoms with Crippen LogP contribution in [0.2, 0.25) is 0 Å². The topological polar surface area (TPSA) is 67.4 Å². The molecule has 0 aliphatic rings. The molecule has 0 spiro atoms. The molecule has 0 saturated heterocycles. The van der Waals surface area contributed by atoms with E-state index in [1.54, 1.807) is 30.3 Å². The Balaban J connectivity index is 1.99. The lowest BCUT2D eigenvalue weighted by atomic mass is 9.86. The molecule has 142 valence electrons. The lowest BCUT2D eigenvalue weighted by Gasteiger charge is -2.32. The van der Waals surface area contributed by atoms with Gasteiger partial charge in [0.2, 0.25) is 0 Å². The third-order valence-corrected chi connectivity index (χ3v) is 4.65. The van der Waals surface area contributed by atoms with Gasteiger partial charge in [0.05, 0.1) is 7.11 Å². The van der Waals surface area contributed by atoms with Crippen molar-refractivity contribution in [3.05, 3.63) is 96.6 Å². The van der Waals surface area contributed by atoms with Crippen molar-refractivity contribution in [1.29, 1.82) is 0 Å². The molecule has 2 N–H and O–H groups in total. The van der Waals surface area contributed by atoms with E-state index in [1.165, 1.54) is 7.11 Å². The van der Waals surface area contributed by atoms with Gasteiger partial charge in [-0.2, -0.15) is 0 Å². The van der Waals surface area contributed by atoms with Gasteiger partial charge in [0, 0.05) is 5.56 Å². The summed E-state index contributed by atoms with van der Waals surface area (Å²) in [7, 11) is 1.32. The van der Waals surface area contributed by atoms with Crippen LogP contribution >= 0.6 is 0 Å². The predicted molar refractivity (Wildman–Crippen MR) is 109 cm³/mol. The number of ether oxygens (including phenoxy) is 1. The first-order chi connectivity index (χ1) is 13.6. The highest BCUT2D eigenvalue weighted by molar-refractivity contribution is 5.94. The fraction of sp³-hybridized carbons (Fsp3) is 0.130. The normalized spacial score (nSPS) is 12.8. The van der Waals surface area contributed by atoms with Gasteiger partial charge in [0.25, 0.3) is 5.91 Å². The van der Waals surface area contributed by atoms with Crippen molar-refractivity contribution in [2.45, 2.75) is 12.0 Å². The molecule has 1 amide bonds. The van der Waals surface area contributed by atoms with Crippen molar-refractivity contribution in [2.75, 3.05) is 7.11 Å². The number of rotatable bonds is 7. The van der Waals surface area contributed by atoms with Crippen molar-refractivity contribution in [2.24, 2.45) is 0 Å². The number of hydrazine groups is 1. The molecule has 0 aliphatic heterocycles. The molecule has 3 aromatic carbocycles. The van der Waals surface area contributed by atoms with E-state index in [0.717, 1.165) is 10.8 Å². The maximum Gasteiger partial charge on any atom is 0.332 e. The summed E-state index contributed by atoms with van der Waals surface area (Å²) in [5.74, 6) is -0.866. The third-order valence-electron chi connectivity index (χ3n) is 4.65. The third kappa shape index (κ3) is 3.80. The monoisotopic (exact) mass is 374 g/mol. The van der Waals surface area contributed by atoms with Crippen molar-refractivity contribution in [1.82, 2.24) is 10.9 Å². The summed E-state index contributed by atoms with van der Waals surface area (Å²) in [6, 6.07) is 22.3. The van der Waals surface area contributed by atoms with E-state index in [2.05, 4.69) is 17.4 Å². The Bertz CT molecular complexity index is 1000. The molecule has 28 heavy (non-hydrogen) atoms. The van der Waals surface area contributed by atoms with Crippen LogP contribution in [-0.4, -0.2) is 19.0 Å². The number of carbonyl (C=O) groups is 2. The van der Waals surface area contributed by atoms with E-state index in [9.17, 15) is 9.59 Å². The molecule has 5 heteroatoms. The Labute approximate surface area is 164 Å². The van der Waals surface area contributed by atoms with Gasteiger partial charge >= 0.3 is 5.97 Å². The van der Waals surface area contributed by atoms with Gasteiger partial charge in [-0.3, -0.25) is 10.2 Å². The quantitative estimate of drug-likeness (QED) is 0.376. The Hall–Kier alpha value is -3.44. The molecular formula is C23H22N2O3. The van der Waals surface area contributed by atoms with Crippen LogP contribution in [0.4, 0.5) is 0 Å². The van der Waals surface area contributed by atoms with Gasteiger partial charge < -0.3 is 4.74 Å². The van der Waals surface area contributed by atoms with Gasteiger partial charge in [0.15, 0.2) is 5.54 Å². The van der Waals surface area contributed by atoms with E-state index < -0.39 is 11.5 Å². The Morgan fingerprint density at radius 3 is 2.36 bits per heavy atom. The van der Waals surface area contributed by atoms with Crippen LogP contribution in [0.5, 0.6) is 0 Å². The van der Waals surface area contributed by atoms with Crippen LogP contribution in [0.3, 0.4) is 0 Å². The molecule has 1 atom stereocenters. The van der Waals surface area contributed by atoms with Gasteiger partial charge in [-0.15, -0.1) is 6.58 Å². The smallest absolute Gasteiger partial charge is 0.332 e. The first-order valence-electron chi connectivity index (χ1n) is 8.92. The van der Waals surface area contributed by atoms with Crippen molar-refractivity contribution in [3.8, 4) is 0 Å². The van der Waals surface area contributed by atoms with Gasteiger partial charge in [-0.05, 0) is 41.0 Å². The Kier molecular flexibility index (Phi) is 5.87. The minimum atomic E-state index is -1.30. The fourth-order valence-electron chi connectivity index (χ4n) is 3.16. The number of methoxy groups -OCH3 is 1.